The summed E-state index contributed by atoms with van der Waals surface area (Å²) in [7, 11) is 0. The van der Waals surface area contributed by atoms with Crippen molar-refractivity contribution in [3.05, 3.63) is 64.0 Å². The molecule has 0 aliphatic rings. The number of nitro benzene ring substituents is 1. The summed E-state index contributed by atoms with van der Waals surface area (Å²) in [6.45, 7) is 1.24. The second-order valence-corrected chi connectivity index (χ2v) is 5.32. The normalized spacial score (nSPS) is 10.1. The number of hydrogen-bond donors (Lipinski definition) is 2. The van der Waals surface area contributed by atoms with Gasteiger partial charge in [0.05, 0.1) is 4.92 Å². The van der Waals surface area contributed by atoms with Crippen LogP contribution in [0.5, 0.6) is 5.75 Å². The van der Waals surface area contributed by atoms with E-state index in [9.17, 15) is 24.1 Å². The van der Waals surface area contributed by atoms with E-state index in [-0.39, 0.29) is 24.8 Å². The Morgan fingerprint density at radius 3 is 2.65 bits per heavy atom. The number of anilines is 1. The standard InChI is InChI=1S/C17H16FN3O5/c1-11(22)20-13-4-2-3-12(7-13)9-19-17(23)10-26-14-5-6-16(21(24)25)15(18)8-14/h2-8H,9-10H2,1H3,(H,19,23)(H,20,22). The molecule has 2 N–H and O–H groups in total. The fourth-order valence-corrected chi connectivity index (χ4v) is 2.09. The number of benzene rings is 2. The van der Waals surface area contributed by atoms with Crippen molar-refractivity contribution in [2.24, 2.45) is 0 Å². The number of nitrogens with one attached hydrogen (secondary N) is 2. The predicted molar refractivity (Wildman–Crippen MR) is 91.1 cm³/mol. The van der Waals surface area contributed by atoms with Crippen molar-refractivity contribution in [1.82, 2.24) is 5.32 Å². The summed E-state index contributed by atoms with van der Waals surface area (Å²) in [5.41, 5.74) is 0.716. The Labute approximate surface area is 148 Å². The van der Waals surface area contributed by atoms with Crippen LogP contribution in [0.1, 0.15) is 12.5 Å². The molecule has 26 heavy (non-hydrogen) atoms. The first kappa shape index (κ1) is 18.8. The van der Waals surface area contributed by atoms with Crippen LogP contribution in [0.15, 0.2) is 42.5 Å². The molecule has 0 aliphatic heterocycles. The van der Waals surface area contributed by atoms with Gasteiger partial charge in [-0.05, 0) is 23.8 Å². The zero-order valence-electron chi connectivity index (χ0n) is 13.8. The molecule has 2 rings (SSSR count). The summed E-state index contributed by atoms with van der Waals surface area (Å²) >= 11 is 0. The third-order valence-electron chi connectivity index (χ3n) is 3.22. The molecular formula is C17H16FN3O5. The van der Waals surface area contributed by atoms with Crippen molar-refractivity contribution >= 4 is 23.2 Å². The van der Waals surface area contributed by atoms with E-state index >= 15 is 0 Å². The third kappa shape index (κ3) is 5.55. The van der Waals surface area contributed by atoms with Crippen molar-refractivity contribution in [3.8, 4) is 5.75 Å². The summed E-state index contributed by atoms with van der Waals surface area (Å²) in [6.07, 6.45) is 0. The fraction of sp³-hybridized carbons (Fsp3) is 0.176. The zero-order chi connectivity index (χ0) is 19.1. The van der Waals surface area contributed by atoms with Gasteiger partial charge in [0.2, 0.25) is 11.7 Å². The lowest BCUT2D eigenvalue weighted by molar-refractivity contribution is -0.387. The number of carbonyl (C=O) groups is 2. The van der Waals surface area contributed by atoms with E-state index in [0.717, 1.165) is 17.7 Å². The third-order valence-corrected chi connectivity index (χ3v) is 3.22. The number of nitrogens with zero attached hydrogens (tertiary/aromatic N) is 1. The van der Waals surface area contributed by atoms with Crippen molar-refractivity contribution in [3.63, 3.8) is 0 Å². The highest BCUT2D eigenvalue weighted by molar-refractivity contribution is 5.88. The van der Waals surface area contributed by atoms with E-state index in [4.69, 9.17) is 4.74 Å². The maximum Gasteiger partial charge on any atom is 0.305 e. The molecule has 8 nitrogen and oxygen atoms in total. The number of rotatable bonds is 7. The first-order valence-electron chi connectivity index (χ1n) is 7.55. The van der Waals surface area contributed by atoms with E-state index in [1.165, 1.54) is 13.0 Å². The lowest BCUT2D eigenvalue weighted by Gasteiger charge is -2.09. The van der Waals surface area contributed by atoms with Crippen LogP contribution in [0.4, 0.5) is 15.8 Å². The maximum absolute atomic E-state index is 13.5. The number of carbonyl (C=O) groups excluding carboxylic acids is 2. The molecule has 0 bridgehead atoms. The molecule has 0 fully saturated rings. The van der Waals surface area contributed by atoms with Crippen LogP contribution < -0.4 is 15.4 Å². The molecule has 9 heteroatoms. The second kappa shape index (κ2) is 8.56. The Kier molecular flexibility index (Phi) is 6.20. The van der Waals surface area contributed by atoms with Crippen LogP contribution in [0.25, 0.3) is 0 Å². The topological polar surface area (TPSA) is 111 Å². The first-order valence-corrected chi connectivity index (χ1v) is 7.55. The number of halogens is 1. The minimum absolute atomic E-state index is 0.0101. The number of amides is 2. The van der Waals surface area contributed by atoms with E-state index < -0.39 is 22.3 Å². The van der Waals surface area contributed by atoms with Crippen LogP contribution in [0, 0.1) is 15.9 Å². The van der Waals surface area contributed by atoms with Crippen LogP contribution in [0.2, 0.25) is 0 Å². The summed E-state index contributed by atoms with van der Waals surface area (Å²) in [5, 5.41) is 15.8. The smallest absolute Gasteiger partial charge is 0.305 e. The molecule has 0 heterocycles. The van der Waals surface area contributed by atoms with Gasteiger partial charge in [0.15, 0.2) is 6.61 Å². The molecule has 0 aromatic heterocycles. The largest absolute Gasteiger partial charge is 0.484 e. The second-order valence-electron chi connectivity index (χ2n) is 5.32. The van der Waals surface area contributed by atoms with Gasteiger partial charge in [0.1, 0.15) is 5.75 Å². The van der Waals surface area contributed by atoms with Gasteiger partial charge in [0, 0.05) is 31.3 Å². The van der Waals surface area contributed by atoms with Gasteiger partial charge in [-0.1, -0.05) is 12.1 Å². The Morgan fingerprint density at radius 2 is 2.00 bits per heavy atom. The van der Waals surface area contributed by atoms with Crippen LogP contribution in [-0.2, 0) is 16.1 Å². The minimum atomic E-state index is -1.04. The molecule has 2 aromatic carbocycles. The molecule has 2 aromatic rings. The highest BCUT2D eigenvalue weighted by atomic mass is 19.1. The molecule has 0 spiro atoms. The molecule has 0 saturated heterocycles. The predicted octanol–water partition coefficient (Wildman–Crippen LogP) is 2.39. The Bertz CT molecular complexity index is 841. The van der Waals surface area contributed by atoms with Crippen LogP contribution >= 0.6 is 0 Å². The first-order chi connectivity index (χ1) is 12.3. The number of nitro groups is 1. The summed E-state index contributed by atoms with van der Waals surface area (Å²) in [4.78, 5) is 32.5. The fourth-order valence-electron chi connectivity index (χ4n) is 2.09. The lowest BCUT2D eigenvalue weighted by atomic mass is 10.2. The monoisotopic (exact) mass is 361 g/mol. The van der Waals surface area contributed by atoms with Crippen LogP contribution in [0.3, 0.4) is 0 Å². The summed E-state index contributed by atoms with van der Waals surface area (Å²) < 4.78 is 18.6. The number of hydrogen-bond acceptors (Lipinski definition) is 5. The molecule has 2 amide bonds. The average molecular weight is 361 g/mol. The highest BCUT2D eigenvalue weighted by Crippen LogP contribution is 2.22. The van der Waals surface area contributed by atoms with Gasteiger partial charge in [-0.3, -0.25) is 19.7 Å². The molecule has 0 aliphatic carbocycles. The molecule has 0 unspecified atom stereocenters. The number of ether oxygens (including phenoxy) is 1. The van der Waals surface area contributed by atoms with Crippen molar-refractivity contribution in [2.45, 2.75) is 13.5 Å². The Hall–Kier alpha value is -3.49. The van der Waals surface area contributed by atoms with Gasteiger partial charge >= 0.3 is 5.69 Å². The Balaban J connectivity index is 1.85. The summed E-state index contributed by atoms with van der Waals surface area (Å²) in [6, 6.07) is 9.98. The van der Waals surface area contributed by atoms with Gasteiger partial charge in [-0.15, -0.1) is 0 Å². The van der Waals surface area contributed by atoms with Gasteiger partial charge < -0.3 is 15.4 Å². The molecular weight excluding hydrogens is 345 g/mol. The average Bonchev–Trinajstić information content (AvgIpc) is 2.57. The lowest BCUT2D eigenvalue weighted by Crippen LogP contribution is -2.28. The summed E-state index contributed by atoms with van der Waals surface area (Å²) in [5.74, 6) is -1.68. The molecule has 0 atom stereocenters. The molecule has 136 valence electrons. The van der Waals surface area contributed by atoms with E-state index in [1.807, 2.05) is 0 Å². The highest BCUT2D eigenvalue weighted by Gasteiger charge is 2.14. The zero-order valence-corrected chi connectivity index (χ0v) is 13.8. The van der Waals surface area contributed by atoms with E-state index in [0.29, 0.717) is 5.69 Å². The van der Waals surface area contributed by atoms with E-state index in [2.05, 4.69) is 10.6 Å². The quantitative estimate of drug-likeness (QED) is 0.581. The minimum Gasteiger partial charge on any atom is -0.484 e. The van der Waals surface area contributed by atoms with Gasteiger partial charge in [-0.25, -0.2) is 0 Å². The maximum atomic E-state index is 13.5. The van der Waals surface area contributed by atoms with E-state index in [1.54, 1.807) is 24.3 Å². The van der Waals surface area contributed by atoms with Crippen molar-refractivity contribution < 1.29 is 23.6 Å². The van der Waals surface area contributed by atoms with Crippen molar-refractivity contribution in [1.29, 1.82) is 0 Å². The molecule has 0 saturated carbocycles. The molecule has 0 radical (unpaired) electrons. The Morgan fingerprint density at radius 1 is 1.23 bits per heavy atom. The van der Waals surface area contributed by atoms with Crippen LogP contribution in [-0.4, -0.2) is 23.3 Å². The van der Waals surface area contributed by atoms with Gasteiger partial charge in [-0.2, -0.15) is 4.39 Å². The van der Waals surface area contributed by atoms with Crippen molar-refractivity contribution in [2.75, 3.05) is 11.9 Å². The van der Waals surface area contributed by atoms with Gasteiger partial charge in [0.25, 0.3) is 5.91 Å². The SMILES string of the molecule is CC(=O)Nc1cccc(CNC(=O)COc2ccc([N+](=O)[O-])c(F)c2)c1.